The quantitative estimate of drug-likeness (QED) is 0.878. The molecule has 0 bridgehead atoms. The van der Waals surface area contributed by atoms with E-state index in [1.165, 1.54) is 0 Å². The van der Waals surface area contributed by atoms with E-state index in [0.717, 1.165) is 0 Å². The number of aryl methyl sites for hydroxylation is 1. The standard InChI is InChI=1S/C14H12Cl2N2O3/c1-18-4-2-3-12(18)14(20)21-8-13(19)17-11-6-9(15)5-10(16)7-11/h2-7H,8H2,1H3,(H,17,19). The highest BCUT2D eigenvalue weighted by atomic mass is 35.5. The number of ether oxygens (including phenoxy) is 1. The van der Waals surface area contributed by atoms with Crippen LogP contribution in [0.2, 0.25) is 10.0 Å². The van der Waals surface area contributed by atoms with E-state index in [2.05, 4.69) is 5.32 Å². The monoisotopic (exact) mass is 326 g/mol. The Kier molecular flexibility index (Phi) is 4.88. The van der Waals surface area contributed by atoms with Gasteiger partial charge < -0.3 is 14.6 Å². The molecule has 0 unspecified atom stereocenters. The average molecular weight is 327 g/mol. The molecule has 0 aliphatic carbocycles. The zero-order chi connectivity index (χ0) is 15.4. The van der Waals surface area contributed by atoms with E-state index in [1.807, 2.05) is 0 Å². The lowest BCUT2D eigenvalue weighted by atomic mass is 10.3. The molecular formula is C14H12Cl2N2O3. The second-order valence-corrected chi connectivity index (χ2v) is 5.16. The summed E-state index contributed by atoms with van der Waals surface area (Å²) in [6, 6.07) is 7.96. The van der Waals surface area contributed by atoms with Crippen LogP contribution in [0, 0.1) is 0 Å². The Labute approximate surface area is 131 Å². The highest BCUT2D eigenvalue weighted by Gasteiger charge is 2.13. The van der Waals surface area contributed by atoms with Crippen molar-refractivity contribution in [2.45, 2.75) is 0 Å². The summed E-state index contributed by atoms with van der Waals surface area (Å²) in [4.78, 5) is 23.4. The minimum absolute atomic E-state index is 0.369. The fourth-order valence-corrected chi connectivity index (χ4v) is 2.23. The summed E-state index contributed by atoms with van der Waals surface area (Å²) in [6.07, 6.45) is 1.71. The second kappa shape index (κ2) is 6.65. The summed E-state index contributed by atoms with van der Waals surface area (Å²) in [5.74, 6) is -1.04. The number of esters is 1. The van der Waals surface area contributed by atoms with Gasteiger partial charge in [-0.1, -0.05) is 23.2 Å². The van der Waals surface area contributed by atoms with Crippen molar-refractivity contribution in [3.8, 4) is 0 Å². The molecule has 7 heteroatoms. The van der Waals surface area contributed by atoms with E-state index in [9.17, 15) is 9.59 Å². The number of anilines is 1. The van der Waals surface area contributed by atoms with Gasteiger partial charge in [0.15, 0.2) is 6.61 Å². The van der Waals surface area contributed by atoms with Gasteiger partial charge in [-0.2, -0.15) is 0 Å². The number of benzene rings is 1. The van der Waals surface area contributed by atoms with Crippen molar-refractivity contribution >= 4 is 40.8 Å². The first-order valence-corrected chi connectivity index (χ1v) is 6.75. The van der Waals surface area contributed by atoms with Crippen molar-refractivity contribution in [1.29, 1.82) is 0 Å². The lowest BCUT2D eigenvalue weighted by Crippen LogP contribution is -2.21. The summed E-state index contributed by atoms with van der Waals surface area (Å²) >= 11 is 11.6. The molecule has 0 radical (unpaired) electrons. The Morgan fingerprint density at radius 3 is 2.48 bits per heavy atom. The van der Waals surface area contributed by atoms with E-state index in [-0.39, 0.29) is 0 Å². The van der Waals surface area contributed by atoms with E-state index in [1.54, 1.807) is 48.1 Å². The van der Waals surface area contributed by atoms with Gasteiger partial charge in [-0.15, -0.1) is 0 Å². The molecule has 110 valence electrons. The van der Waals surface area contributed by atoms with Gasteiger partial charge in [-0.25, -0.2) is 4.79 Å². The number of nitrogens with one attached hydrogen (secondary N) is 1. The molecule has 1 aromatic heterocycles. The number of rotatable bonds is 4. The largest absolute Gasteiger partial charge is 0.451 e. The summed E-state index contributed by atoms with van der Waals surface area (Å²) in [5, 5.41) is 3.35. The van der Waals surface area contributed by atoms with Crippen LogP contribution in [0.4, 0.5) is 5.69 Å². The molecule has 1 heterocycles. The lowest BCUT2D eigenvalue weighted by Gasteiger charge is -2.08. The smallest absolute Gasteiger partial charge is 0.355 e. The summed E-state index contributed by atoms with van der Waals surface area (Å²) < 4.78 is 6.53. The fraction of sp³-hybridized carbons (Fsp3) is 0.143. The van der Waals surface area contributed by atoms with Crippen LogP contribution in [0.1, 0.15) is 10.5 Å². The SMILES string of the molecule is Cn1cccc1C(=O)OCC(=O)Nc1cc(Cl)cc(Cl)c1. The third kappa shape index (κ3) is 4.24. The maximum atomic E-state index is 11.7. The third-order valence-electron chi connectivity index (χ3n) is 2.63. The maximum absolute atomic E-state index is 11.7. The van der Waals surface area contributed by atoms with E-state index < -0.39 is 18.5 Å². The molecule has 21 heavy (non-hydrogen) atoms. The van der Waals surface area contributed by atoms with E-state index >= 15 is 0 Å². The van der Waals surface area contributed by atoms with E-state index in [4.69, 9.17) is 27.9 Å². The molecule has 2 rings (SSSR count). The second-order valence-electron chi connectivity index (χ2n) is 4.29. The maximum Gasteiger partial charge on any atom is 0.355 e. The van der Waals surface area contributed by atoms with Crippen LogP contribution >= 0.6 is 23.2 Å². The topological polar surface area (TPSA) is 60.3 Å². The zero-order valence-corrected chi connectivity index (χ0v) is 12.6. The third-order valence-corrected chi connectivity index (χ3v) is 3.07. The van der Waals surface area contributed by atoms with Crippen LogP contribution in [0.3, 0.4) is 0 Å². The van der Waals surface area contributed by atoms with Crippen LogP contribution in [0.15, 0.2) is 36.5 Å². The van der Waals surface area contributed by atoms with Gasteiger partial charge in [0.2, 0.25) is 0 Å². The number of amides is 1. The Bertz CT molecular complexity index is 662. The van der Waals surface area contributed by atoms with Gasteiger partial charge >= 0.3 is 5.97 Å². The number of carbonyl (C=O) groups is 2. The molecule has 0 saturated carbocycles. The van der Waals surface area contributed by atoms with Crippen molar-refractivity contribution in [2.75, 3.05) is 11.9 Å². The fourth-order valence-electron chi connectivity index (χ4n) is 1.70. The molecule has 0 spiro atoms. The summed E-state index contributed by atoms with van der Waals surface area (Å²) in [6.45, 7) is -0.395. The minimum atomic E-state index is -0.568. The Morgan fingerprint density at radius 2 is 1.90 bits per heavy atom. The van der Waals surface area contributed by atoms with Crippen molar-refractivity contribution in [3.63, 3.8) is 0 Å². The first-order valence-electron chi connectivity index (χ1n) is 6.00. The number of nitrogens with zero attached hydrogens (tertiary/aromatic N) is 1. The van der Waals surface area contributed by atoms with Crippen LogP contribution in [-0.4, -0.2) is 23.1 Å². The highest BCUT2D eigenvalue weighted by molar-refractivity contribution is 6.35. The first kappa shape index (κ1) is 15.4. The predicted octanol–water partition coefficient (Wildman–Crippen LogP) is 3.13. The van der Waals surface area contributed by atoms with Crippen LogP contribution < -0.4 is 5.32 Å². The molecule has 0 saturated heterocycles. The van der Waals surface area contributed by atoms with Gasteiger partial charge in [0, 0.05) is 29.0 Å². The molecule has 1 amide bonds. The molecule has 0 aliphatic heterocycles. The zero-order valence-electron chi connectivity index (χ0n) is 11.1. The molecule has 5 nitrogen and oxygen atoms in total. The minimum Gasteiger partial charge on any atom is -0.451 e. The molecule has 0 fully saturated rings. The molecule has 0 atom stereocenters. The van der Waals surface area contributed by atoms with Crippen molar-refractivity contribution in [2.24, 2.45) is 7.05 Å². The van der Waals surface area contributed by atoms with Gasteiger partial charge in [0.25, 0.3) is 5.91 Å². The summed E-state index contributed by atoms with van der Waals surface area (Å²) in [7, 11) is 1.71. The van der Waals surface area contributed by atoms with Crippen LogP contribution in [0.25, 0.3) is 0 Å². The number of hydrogen-bond acceptors (Lipinski definition) is 3. The molecule has 2 aromatic rings. The summed E-state index contributed by atoms with van der Waals surface area (Å²) in [5.41, 5.74) is 0.806. The first-order chi connectivity index (χ1) is 9.95. The number of halogens is 2. The molecular weight excluding hydrogens is 315 g/mol. The Balaban J connectivity index is 1.90. The van der Waals surface area contributed by atoms with Gasteiger partial charge in [-0.3, -0.25) is 4.79 Å². The van der Waals surface area contributed by atoms with Gasteiger partial charge in [0.1, 0.15) is 5.69 Å². The molecule has 1 N–H and O–H groups in total. The lowest BCUT2D eigenvalue weighted by molar-refractivity contribution is -0.119. The highest BCUT2D eigenvalue weighted by Crippen LogP contribution is 2.22. The van der Waals surface area contributed by atoms with Crippen molar-refractivity contribution in [3.05, 3.63) is 52.3 Å². The Hall–Kier alpha value is -1.98. The number of carbonyl (C=O) groups excluding carboxylic acids is 2. The number of aromatic nitrogens is 1. The molecule has 0 aliphatic rings. The number of hydrogen-bond donors (Lipinski definition) is 1. The van der Waals surface area contributed by atoms with Crippen LogP contribution in [0.5, 0.6) is 0 Å². The van der Waals surface area contributed by atoms with Crippen LogP contribution in [-0.2, 0) is 16.6 Å². The average Bonchev–Trinajstić information content (AvgIpc) is 2.81. The normalized spacial score (nSPS) is 10.2. The van der Waals surface area contributed by atoms with Gasteiger partial charge in [-0.05, 0) is 30.3 Å². The molecule has 1 aromatic carbocycles. The predicted molar refractivity (Wildman–Crippen MR) is 80.8 cm³/mol. The van der Waals surface area contributed by atoms with Gasteiger partial charge in [0.05, 0.1) is 0 Å². The Morgan fingerprint density at radius 1 is 1.24 bits per heavy atom. The van der Waals surface area contributed by atoms with E-state index in [0.29, 0.717) is 21.4 Å². The van der Waals surface area contributed by atoms with Crippen molar-refractivity contribution < 1.29 is 14.3 Å². The van der Waals surface area contributed by atoms with Crippen molar-refractivity contribution in [1.82, 2.24) is 4.57 Å².